The molecule has 0 radical (unpaired) electrons. The van der Waals surface area contributed by atoms with Crippen LogP contribution in [0.5, 0.6) is 0 Å². The molecule has 0 aromatic heterocycles. The minimum Gasteiger partial charge on any atom is -0.325 e. The molecule has 1 unspecified atom stereocenters. The van der Waals surface area contributed by atoms with Crippen LogP contribution in [0.1, 0.15) is 16.5 Å². The van der Waals surface area contributed by atoms with E-state index in [-0.39, 0.29) is 30.2 Å². The number of carbonyl (C=O) groups is 1. The summed E-state index contributed by atoms with van der Waals surface area (Å²) in [7, 11) is 1.74. The van der Waals surface area contributed by atoms with Crippen LogP contribution in [0.15, 0.2) is 42.5 Å². The maximum Gasteiger partial charge on any atom is 0.237 e. The van der Waals surface area contributed by atoms with Gasteiger partial charge in [0.2, 0.25) is 5.91 Å². The Bertz CT molecular complexity index is 785. The Morgan fingerprint density at radius 3 is 2.69 bits per heavy atom. The van der Waals surface area contributed by atoms with Crippen molar-refractivity contribution in [2.24, 2.45) is 0 Å². The molecule has 1 atom stereocenters. The Kier molecular flexibility index (Phi) is 6.16. The lowest BCUT2D eigenvalue weighted by Crippen LogP contribution is -2.38. The van der Waals surface area contributed by atoms with Crippen LogP contribution in [0, 0.1) is 11.6 Å². The lowest BCUT2D eigenvalue weighted by atomic mass is 10.2. The first-order chi connectivity index (χ1) is 12.5. The predicted molar refractivity (Wildman–Crippen MR) is 101 cm³/mol. The van der Waals surface area contributed by atoms with Gasteiger partial charge in [0, 0.05) is 35.0 Å². The van der Waals surface area contributed by atoms with Gasteiger partial charge in [-0.15, -0.1) is 11.8 Å². The van der Waals surface area contributed by atoms with Crippen LogP contribution in [-0.2, 0) is 11.3 Å². The Labute approximate surface area is 160 Å². The lowest BCUT2D eigenvalue weighted by Gasteiger charge is -2.27. The summed E-state index contributed by atoms with van der Waals surface area (Å²) in [6, 6.07) is 11.0. The van der Waals surface area contributed by atoms with Crippen LogP contribution in [-0.4, -0.2) is 41.6 Å². The maximum absolute atomic E-state index is 14.1. The van der Waals surface area contributed by atoms with Gasteiger partial charge in [-0.05, 0) is 25.2 Å². The maximum atomic E-state index is 14.1. The van der Waals surface area contributed by atoms with E-state index in [1.54, 1.807) is 58.9 Å². The minimum atomic E-state index is -0.391. The smallest absolute Gasteiger partial charge is 0.237 e. The summed E-state index contributed by atoms with van der Waals surface area (Å²) in [6.45, 7) is 0.898. The number of hydrogen-bond donors (Lipinski definition) is 0. The summed E-state index contributed by atoms with van der Waals surface area (Å²) in [6.07, 6.45) is 0. The SMILES string of the molecule is CN(CC(=O)N1CCSC1c1ccccc1F)Cc1c(F)cccc1Cl. The Hall–Kier alpha value is -1.63. The van der Waals surface area contributed by atoms with Crippen molar-refractivity contribution in [3.63, 3.8) is 0 Å². The molecular formula is C19H19ClF2N2OS. The van der Waals surface area contributed by atoms with Crippen LogP contribution < -0.4 is 0 Å². The molecule has 0 spiro atoms. The van der Waals surface area contributed by atoms with Crippen molar-refractivity contribution in [3.8, 4) is 0 Å². The van der Waals surface area contributed by atoms with Crippen molar-refractivity contribution in [1.29, 1.82) is 0 Å². The van der Waals surface area contributed by atoms with Gasteiger partial charge in [0.25, 0.3) is 0 Å². The largest absolute Gasteiger partial charge is 0.325 e. The van der Waals surface area contributed by atoms with Gasteiger partial charge in [0.05, 0.1) is 6.54 Å². The number of rotatable bonds is 5. The minimum absolute atomic E-state index is 0.107. The Morgan fingerprint density at radius 2 is 1.96 bits per heavy atom. The summed E-state index contributed by atoms with van der Waals surface area (Å²) in [5.74, 6) is -0.0553. The third kappa shape index (κ3) is 4.19. The molecule has 1 amide bonds. The average Bonchev–Trinajstić information content (AvgIpc) is 3.08. The number of thioether (sulfide) groups is 1. The molecule has 3 nitrogen and oxygen atoms in total. The quantitative estimate of drug-likeness (QED) is 0.751. The molecule has 7 heteroatoms. The van der Waals surface area contributed by atoms with Gasteiger partial charge in [-0.25, -0.2) is 8.78 Å². The van der Waals surface area contributed by atoms with E-state index < -0.39 is 5.82 Å². The molecule has 138 valence electrons. The number of amides is 1. The molecule has 1 saturated heterocycles. The van der Waals surface area contributed by atoms with Crippen molar-refractivity contribution in [1.82, 2.24) is 9.80 Å². The highest BCUT2D eigenvalue weighted by atomic mass is 35.5. The van der Waals surface area contributed by atoms with Crippen LogP contribution in [0.2, 0.25) is 5.02 Å². The van der Waals surface area contributed by atoms with Gasteiger partial charge in [-0.3, -0.25) is 9.69 Å². The molecular weight excluding hydrogens is 378 g/mol. The molecule has 3 rings (SSSR count). The second-order valence-electron chi connectivity index (χ2n) is 6.20. The molecule has 1 heterocycles. The van der Waals surface area contributed by atoms with E-state index in [0.29, 0.717) is 22.7 Å². The Balaban J connectivity index is 1.68. The highest BCUT2D eigenvalue weighted by Crippen LogP contribution is 2.39. The van der Waals surface area contributed by atoms with Gasteiger partial charge in [-0.2, -0.15) is 0 Å². The van der Waals surface area contributed by atoms with Crippen molar-refractivity contribution in [2.75, 3.05) is 25.9 Å². The topological polar surface area (TPSA) is 23.6 Å². The highest BCUT2D eigenvalue weighted by Gasteiger charge is 2.32. The molecule has 1 aliphatic heterocycles. The predicted octanol–water partition coefficient (Wildman–Crippen LogP) is 4.32. The first-order valence-corrected chi connectivity index (χ1v) is 9.67. The molecule has 0 N–H and O–H groups in total. The summed E-state index contributed by atoms with van der Waals surface area (Å²) < 4.78 is 28.0. The highest BCUT2D eigenvalue weighted by molar-refractivity contribution is 7.99. The number of carbonyl (C=O) groups excluding carboxylic acids is 1. The molecule has 2 aromatic rings. The third-order valence-corrected chi connectivity index (χ3v) is 5.87. The summed E-state index contributed by atoms with van der Waals surface area (Å²) in [5, 5.41) is 0.0133. The summed E-state index contributed by atoms with van der Waals surface area (Å²) in [5.41, 5.74) is 0.883. The average molecular weight is 397 g/mol. The van der Waals surface area contributed by atoms with Crippen molar-refractivity contribution < 1.29 is 13.6 Å². The fourth-order valence-corrected chi connectivity index (χ4v) is 4.51. The number of benzene rings is 2. The van der Waals surface area contributed by atoms with E-state index in [4.69, 9.17) is 11.6 Å². The second-order valence-corrected chi connectivity index (χ2v) is 7.80. The Morgan fingerprint density at radius 1 is 1.23 bits per heavy atom. The number of halogens is 3. The van der Waals surface area contributed by atoms with Gasteiger partial charge >= 0.3 is 0 Å². The van der Waals surface area contributed by atoms with E-state index in [2.05, 4.69) is 0 Å². The zero-order valence-corrected chi connectivity index (χ0v) is 15.9. The fourth-order valence-electron chi connectivity index (χ4n) is 2.99. The molecule has 0 saturated carbocycles. The van der Waals surface area contributed by atoms with Gasteiger partial charge < -0.3 is 4.90 Å². The van der Waals surface area contributed by atoms with E-state index in [1.807, 2.05) is 0 Å². The molecule has 1 aliphatic rings. The number of likely N-dealkylation sites (N-methyl/N-ethyl adjacent to an activating group) is 1. The zero-order valence-electron chi connectivity index (χ0n) is 14.3. The molecule has 0 aliphatic carbocycles. The first kappa shape index (κ1) is 19.1. The zero-order chi connectivity index (χ0) is 18.7. The fraction of sp³-hybridized carbons (Fsp3) is 0.316. The van der Waals surface area contributed by atoms with Crippen LogP contribution in [0.3, 0.4) is 0 Å². The summed E-state index contributed by atoms with van der Waals surface area (Å²) >= 11 is 7.60. The monoisotopic (exact) mass is 396 g/mol. The lowest BCUT2D eigenvalue weighted by molar-refractivity contribution is -0.132. The molecule has 1 fully saturated rings. The van der Waals surface area contributed by atoms with Crippen molar-refractivity contribution in [2.45, 2.75) is 11.9 Å². The second kappa shape index (κ2) is 8.37. The molecule has 2 aromatic carbocycles. The number of nitrogens with zero attached hydrogens (tertiary/aromatic N) is 2. The van der Waals surface area contributed by atoms with Gasteiger partial charge in [-0.1, -0.05) is 35.9 Å². The van der Waals surface area contributed by atoms with Gasteiger partial charge in [0.1, 0.15) is 17.0 Å². The standard InChI is InChI=1S/C19H19ClF2N2OS/c1-23(11-14-15(20)6-4-8-17(14)22)12-18(25)24-9-10-26-19(24)13-5-2-3-7-16(13)21/h2-8,19H,9-12H2,1H3. The normalized spacial score (nSPS) is 17.1. The first-order valence-electron chi connectivity index (χ1n) is 8.24. The third-order valence-electron chi connectivity index (χ3n) is 4.28. The van der Waals surface area contributed by atoms with E-state index in [0.717, 1.165) is 5.75 Å². The van der Waals surface area contributed by atoms with Crippen LogP contribution in [0.25, 0.3) is 0 Å². The van der Waals surface area contributed by atoms with E-state index in [9.17, 15) is 13.6 Å². The van der Waals surface area contributed by atoms with E-state index in [1.165, 1.54) is 12.1 Å². The molecule has 26 heavy (non-hydrogen) atoms. The van der Waals surface area contributed by atoms with Crippen molar-refractivity contribution in [3.05, 3.63) is 70.2 Å². The van der Waals surface area contributed by atoms with Gasteiger partial charge in [0.15, 0.2) is 0 Å². The van der Waals surface area contributed by atoms with Crippen LogP contribution in [0.4, 0.5) is 8.78 Å². The molecule has 0 bridgehead atoms. The van der Waals surface area contributed by atoms with E-state index >= 15 is 0 Å². The van der Waals surface area contributed by atoms with Crippen molar-refractivity contribution >= 4 is 29.3 Å². The summed E-state index contributed by atoms with van der Waals surface area (Å²) in [4.78, 5) is 16.1. The van der Waals surface area contributed by atoms with Crippen LogP contribution >= 0.6 is 23.4 Å². The number of hydrogen-bond acceptors (Lipinski definition) is 3.